The smallest absolute Gasteiger partial charge is 0.178 e. The molecule has 3 nitrogen and oxygen atoms in total. The number of Topliss-reactive ketones (excluding diaryl/α,β-unsaturated/α-hetero) is 1. The van der Waals surface area contributed by atoms with E-state index in [1.807, 2.05) is 25.1 Å². The van der Waals surface area contributed by atoms with E-state index in [-0.39, 0.29) is 5.78 Å². The van der Waals surface area contributed by atoms with E-state index >= 15 is 0 Å². The van der Waals surface area contributed by atoms with E-state index in [2.05, 4.69) is 5.10 Å². The van der Waals surface area contributed by atoms with Crippen molar-refractivity contribution in [2.75, 3.05) is 0 Å². The molecule has 0 saturated carbocycles. The third-order valence-electron chi connectivity index (χ3n) is 2.32. The van der Waals surface area contributed by atoms with E-state index in [1.165, 1.54) is 0 Å². The van der Waals surface area contributed by atoms with Crippen molar-refractivity contribution in [3.05, 3.63) is 29.5 Å². The molecule has 14 heavy (non-hydrogen) atoms. The van der Waals surface area contributed by atoms with Crippen LogP contribution in [-0.4, -0.2) is 15.6 Å². The van der Waals surface area contributed by atoms with Gasteiger partial charge in [0, 0.05) is 19.4 Å². The molecule has 1 heterocycles. The Balaban J connectivity index is 2.86. The van der Waals surface area contributed by atoms with Gasteiger partial charge in [0.05, 0.1) is 5.52 Å². The summed E-state index contributed by atoms with van der Waals surface area (Å²) in [5, 5.41) is 5.22. The third-order valence-corrected chi connectivity index (χ3v) is 2.32. The Morgan fingerprint density at radius 1 is 1.43 bits per heavy atom. The second kappa shape index (κ2) is 2.94. The maximum absolute atomic E-state index is 11.4. The molecular formula is C11H12N2O. The second-order valence-electron chi connectivity index (χ2n) is 3.55. The number of carbonyl (C=O) groups excluding carboxylic acids is 1. The maximum Gasteiger partial charge on any atom is 0.178 e. The van der Waals surface area contributed by atoms with E-state index in [0.29, 0.717) is 5.69 Å². The number of benzene rings is 1. The van der Waals surface area contributed by atoms with Crippen LogP contribution in [0.3, 0.4) is 0 Å². The summed E-state index contributed by atoms with van der Waals surface area (Å²) in [6.07, 6.45) is 0. The molecule has 2 aromatic rings. The van der Waals surface area contributed by atoms with Crippen molar-refractivity contribution in [3.63, 3.8) is 0 Å². The first-order valence-corrected chi connectivity index (χ1v) is 4.54. The molecule has 0 aliphatic rings. The number of carbonyl (C=O) groups is 1. The molecule has 3 heteroatoms. The third kappa shape index (κ3) is 1.21. The Kier molecular flexibility index (Phi) is 1.88. The highest BCUT2D eigenvalue weighted by Gasteiger charge is 2.12. The first-order valence-electron chi connectivity index (χ1n) is 4.54. The van der Waals surface area contributed by atoms with Gasteiger partial charge in [-0.1, -0.05) is 11.6 Å². The number of aryl methyl sites for hydroxylation is 2. The molecular weight excluding hydrogens is 176 g/mol. The van der Waals surface area contributed by atoms with E-state index in [0.717, 1.165) is 16.5 Å². The quantitative estimate of drug-likeness (QED) is 0.642. The SMILES string of the molecule is CC(=O)c1c2cc(C)ccc2nn1C. The molecule has 0 radical (unpaired) electrons. The van der Waals surface area contributed by atoms with E-state index < -0.39 is 0 Å². The number of hydrogen-bond acceptors (Lipinski definition) is 2. The summed E-state index contributed by atoms with van der Waals surface area (Å²) in [5.74, 6) is 0.0561. The molecule has 0 N–H and O–H groups in total. The largest absolute Gasteiger partial charge is 0.293 e. The van der Waals surface area contributed by atoms with Crippen LogP contribution in [0.4, 0.5) is 0 Å². The number of rotatable bonds is 1. The van der Waals surface area contributed by atoms with Gasteiger partial charge in [0.2, 0.25) is 0 Å². The van der Waals surface area contributed by atoms with E-state index in [9.17, 15) is 4.79 Å². The fraction of sp³-hybridized carbons (Fsp3) is 0.273. The van der Waals surface area contributed by atoms with Gasteiger partial charge in [0.25, 0.3) is 0 Å². The lowest BCUT2D eigenvalue weighted by Gasteiger charge is -1.96. The topological polar surface area (TPSA) is 34.9 Å². The molecule has 0 unspecified atom stereocenters. The zero-order chi connectivity index (χ0) is 10.3. The van der Waals surface area contributed by atoms with Crippen LogP contribution >= 0.6 is 0 Å². The predicted molar refractivity (Wildman–Crippen MR) is 55.5 cm³/mol. The van der Waals surface area contributed by atoms with Crippen molar-refractivity contribution in [2.24, 2.45) is 7.05 Å². The van der Waals surface area contributed by atoms with Crippen LogP contribution in [0.1, 0.15) is 23.0 Å². The standard InChI is InChI=1S/C11H12N2O/c1-7-4-5-10-9(6-7)11(8(2)14)13(3)12-10/h4-6H,1-3H3. The van der Waals surface area contributed by atoms with Crippen molar-refractivity contribution in [3.8, 4) is 0 Å². The maximum atomic E-state index is 11.4. The fourth-order valence-corrected chi connectivity index (χ4v) is 1.73. The molecule has 1 aromatic carbocycles. The Hall–Kier alpha value is -1.64. The Labute approximate surface area is 82.3 Å². The summed E-state index contributed by atoms with van der Waals surface area (Å²) in [6, 6.07) is 5.94. The Morgan fingerprint density at radius 3 is 2.79 bits per heavy atom. The highest BCUT2D eigenvalue weighted by molar-refractivity contribution is 6.05. The minimum absolute atomic E-state index is 0.0561. The Morgan fingerprint density at radius 2 is 2.14 bits per heavy atom. The van der Waals surface area contributed by atoms with Gasteiger partial charge < -0.3 is 0 Å². The molecule has 0 spiro atoms. The Bertz CT molecular complexity index is 511. The summed E-state index contributed by atoms with van der Waals surface area (Å²) in [6.45, 7) is 3.58. The monoisotopic (exact) mass is 188 g/mol. The molecule has 72 valence electrons. The number of fused-ring (bicyclic) bond motifs is 1. The molecule has 0 saturated heterocycles. The second-order valence-corrected chi connectivity index (χ2v) is 3.55. The molecule has 2 rings (SSSR count). The summed E-state index contributed by atoms with van der Waals surface area (Å²) in [5.41, 5.74) is 2.71. The summed E-state index contributed by atoms with van der Waals surface area (Å²) < 4.78 is 1.65. The lowest BCUT2D eigenvalue weighted by molar-refractivity contribution is 0.101. The average Bonchev–Trinajstić information content (AvgIpc) is 2.40. The first-order chi connectivity index (χ1) is 6.59. The van der Waals surface area contributed by atoms with Crippen LogP contribution in [0.5, 0.6) is 0 Å². The molecule has 0 aliphatic heterocycles. The van der Waals surface area contributed by atoms with Gasteiger partial charge in [-0.25, -0.2) is 0 Å². The highest BCUT2D eigenvalue weighted by Crippen LogP contribution is 2.19. The number of hydrogen-bond donors (Lipinski definition) is 0. The van der Waals surface area contributed by atoms with Crippen molar-refractivity contribution in [2.45, 2.75) is 13.8 Å². The van der Waals surface area contributed by atoms with Gasteiger partial charge in [-0.3, -0.25) is 9.48 Å². The lowest BCUT2D eigenvalue weighted by Crippen LogP contribution is -2.02. The summed E-state index contributed by atoms with van der Waals surface area (Å²) in [7, 11) is 1.80. The molecule has 0 bridgehead atoms. The van der Waals surface area contributed by atoms with Crippen LogP contribution in [0.25, 0.3) is 10.9 Å². The highest BCUT2D eigenvalue weighted by atomic mass is 16.1. The molecule has 1 aromatic heterocycles. The molecule has 0 aliphatic carbocycles. The molecule has 0 fully saturated rings. The van der Waals surface area contributed by atoms with Crippen molar-refractivity contribution < 1.29 is 4.79 Å². The first kappa shape index (κ1) is 8.94. The van der Waals surface area contributed by atoms with Gasteiger partial charge in [-0.2, -0.15) is 5.10 Å². The van der Waals surface area contributed by atoms with Crippen molar-refractivity contribution in [1.82, 2.24) is 9.78 Å². The van der Waals surface area contributed by atoms with Crippen LogP contribution in [-0.2, 0) is 7.05 Å². The van der Waals surface area contributed by atoms with Gasteiger partial charge >= 0.3 is 0 Å². The van der Waals surface area contributed by atoms with Gasteiger partial charge in [-0.15, -0.1) is 0 Å². The van der Waals surface area contributed by atoms with Crippen LogP contribution in [0, 0.1) is 6.92 Å². The average molecular weight is 188 g/mol. The fourth-order valence-electron chi connectivity index (χ4n) is 1.73. The van der Waals surface area contributed by atoms with Gasteiger partial charge in [0.15, 0.2) is 5.78 Å². The number of ketones is 1. The molecule has 0 amide bonds. The van der Waals surface area contributed by atoms with Crippen molar-refractivity contribution >= 4 is 16.7 Å². The predicted octanol–water partition coefficient (Wildman–Crippen LogP) is 2.08. The zero-order valence-corrected chi connectivity index (χ0v) is 8.53. The number of aromatic nitrogens is 2. The van der Waals surface area contributed by atoms with E-state index in [1.54, 1.807) is 18.7 Å². The van der Waals surface area contributed by atoms with E-state index in [4.69, 9.17) is 0 Å². The summed E-state index contributed by atoms with van der Waals surface area (Å²) in [4.78, 5) is 11.4. The summed E-state index contributed by atoms with van der Waals surface area (Å²) >= 11 is 0. The minimum Gasteiger partial charge on any atom is -0.293 e. The van der Waals surface area contributed by atoms with Crippen LogP contribution < -0.4 is 0 Å². The van der Waals surface area contributed by atoms with Crippen LogP contribution in [0.15, 0.2) is 18.2 Å². The van der Waals surface area contributed by atoms with Crippen molar-refractivity contribution in [1.29, 1.82) is 0 Å². The van der Waals surface area contributed by atoms with Gasteiger partial charge in [-0.05, 0) is 19.1 Å². The zero-order valence-electron chi connectivity index (χ0n) is 8.53. The number of nitrogens with zero attached hydrogens (tertiary/aromatic N) is 2. The van der Waals surface area contributed by atoms with Crippen LogP contribution in [0.2, 0.25) is 0 Å². The normalized spacial score (nSPS) is 10.8. The lowest BCUT2D eigenvalue weighted by atomic mass is 10.1. The molecule has 0 atom stereocenters. The minimum atomic E-state index is 0.0561. The van der Waals surface area contributed by atoms with Gasteiger partial charge in [0.1, 0.15) is 5.69 Å².